The summed E-state index contributed by atoms with van der Waals surface area (Å²) in [7, 11) is -1.17. The molecular formula is C15H14F2OS. The molecule has 0 bridgehead atoms. The molecule has 0 radical (unpaired) electrons. The van der Waals surface area contributed by atoms with Crippen molar-refractivity contribution in [3.8, 4) is 0 Å². The molecule has 0 amide bonds. The smallest absolute Gasteiger partial charge is 0.123 e. The van der Waals surface area contributed by atoms with Crippen LogP contribution < -0.4 is 0 Å². The molecule has 2 aromatic rings. The molecule has 0 spiro atoms. The van der Waals surface area contributed by atoms with Gasteiger partial charge < -0.3 is 0 Å². The average molecular weight is 280 g/mol. The van der Waals surface area contributed by atoms with Crippen molar-refractivity contribution in [1.29, 1.82) is 0 Å². The van der Waals surface area contributed by atoms with E-state index in [1.807, 2.05) is 6.92 Å². The first-order valence-corrected chi connectivity index (χ1v) is 7.31. The van der Waals surface area contributed by atoms with Gasteiger partial charge in [-0.15, -0.1) is 0 Å². The Morgan fingerprint density at radius 3 is 2.37 bits per heavy atom. The van der Waals surface area contributed by atoms with Crippen molar-refractivity contribution in [2.75, 3.05) is 0 Å². The highest BCUT2D eigenvalue weighted by atomic mass is 32.2. The Bertz CT molecular complexity index is 581. The number of hydrogen-bond acceptors (Lipinski definition) is 1. The van der Waals surface area contributed by atoms with E-state index in [0.717, 1.165) is 5.56 Å². The molecule has 100 valence electrons. The van der Waals surface area contributed by atoms with Gasteiger partial charge in [0.05, 0.1) is 5.25 Å². The summed E-state index contributed by atoms with van der Waals surface area (Å²) in [6.07, 6.45) is 0. The molecule has 0 unspecified atom stereocenters. The van der Waals surface area contributed by atoms with Gasteiger partial charge in [0.1, 0.15) is 11.6 Å². The van der Waals surface area contributed by atoms with Crippen LogP contribution >= 0.6 is 0 Å². The zero-order valence-electron chi connectivity index (χ0n) is 10.5. The highest BCUT2D eigenvalue weighted by Gasteiger charge is 2.14. The van der Waals surface area contributed by atoms with E-state index in [1.165, 1.54) is 24.3 Å². The lowest BCUT2D eigenvalue weighted by Gasteiger charge is -2.12. The van der Waals surface area contributed by atoms with Gasteiger partial charge in [0.2, 0.25) is 0 Å². The van der Waals surface area contributed by atoms with Crippen molar-refractivity contribution in [3.63, 3.8) is 0 Å². The normalized spacial score (nSPS) is 14.1. The third-order valence-corrected chi connectivity index (χ3v) is 4.61. The molecule has 2 atom stereocenters. The van der Waals surface area contributed by atoms with Crippen molar-refractivity contribution in [3.05, 3.63) is 71.3 Å². The average Bonchev–Trinajstić information content (AvgIpc) is 2.39. The molecule has 19 heavy (non-hydrogen) atoms. The first-order valence-electron chi connectivity index (χ1n) is 5.93. The van der Waals surface area contributed by atoms with Gasteiger partial charge in [-0.25, -0.2) is 8.78 Å². The Morgan fingerprint density at radius 2 is 1.74 bits per heavy atom. The van der Waals surface area contributed by atoms with Gasteiger partial charge >= 0.3 is 0 Å². The van der Waals surface area contributed by atoms with Gasteiger partial charge in [-0.05, 0) is 42.3 Å². The van der Waals surface area contributed by atoms with Gasteiger partial charge in [0.25, 0.3) is 0 Å². The Kier molecular flexibility index (Phi) is 4.43. The first-order chi connectivity index (χ1) is 9.06. The van der Waals surface area contributed by atoms with Gasteiger partial charge in [-0.1, -0.05) is 24.3 Å². The molecule has 2 rings (SSSR count). The Morgan fingerprint density at radius 1 is 1.05 bits per heavy atom. The van der Waals surface area contributed by atoms with Crippen LogP contribution in [0.25, 0.3) is 0 Å². The standard InChI is InChI=1S/C15H14F2OS/c1-11(13-5-7-14(16)8-6-13)19(18)10-12-3-2-4-15(17)9-12/h2-9,11H,10H2,1H3/t11-,19+/m1/s1. The molecule has 1 nitrogen and oxygen atoms in total. The number of hydrogen-bond donors (Lipinski definition) is 0. The largest absolute Gasteiger partial charge is 0.259 e. The lowest BCUT2D eigenvalue weighted by Crippen LogP contribution is -2.05. The molecule has 0 saturated carbocycles. The summed E-state index contributed by atoms with van der Waals surface area (Å²) < 4.78 is 38.1. The topological polar surface area (TPSA) is 17.1 Å². The second kappa shape index (κ2) is 6.06. The summed E-state index contributed by atoms with van der Waals surface area (Å²) in [6, 6.07) is 12.1. The minimum atomic E-state index is -1.17. The highest BCUT2D eigenvalue weighted by Crippen LogP contribution is 2.22. The minimum absolute atomic E-state index is 0.219. The lowest BCUT2D eigenvalue weighted by molar-refractivity contribution is 0.625. The third-order valence-electron chi connectivity index (χ3n) is 2.93. The SMILES string of the molecule is C[C@H](c1ccc(F)cc1)[S@@](=O)Cc1cccc(F)c1. The Labute approximate surface area is 113 Å². The zero-order valence-corrected chi connectivity index (χ0v) is 11.3. The van der Waals surface area contributed by atoms with Crippen LogP contribution in [0, 0.1) is 11.6 Å². The van der Waals surface area contributed by atoms with Gasteiger partial charge in [-0.2, -0.15) is 0 Å². The summed E-state index contributed by atoms with van der Waals surface area (Å²) in [5, 5.41) is -0.219. The molecule has 0 aromatic heterocycles. The van der Waals surface area contributed by atoms with E-state index in [4.69, 9.17) is 0 Å². The maximum atomic E-state index is 13.0. The zero-order chi connectivity index (χ0) is 13.8. The molecule has 0 N–H and O–H groups in total. The van der Waals surface area contributed by atoms with Crippen LogP contribution in [0.4, 0.5) is 8.78 Å². The number of halogens is 2. The van der Waals surface area contributed by atoms with E-state index in [9.17, 15) is 13.0 Å². The van der Waals surface area contributed by atoms with Crippen molar-refractivity contribution in [2.24, 2.45) is 0 Å². The number of benzene rings is 2. The quantitative estimate of drug-likeness (QED) is 0.828. The maximum Gasteiger partial charge on any atom is 0.123 e. The van der Waals surface area contributed by atoms with E-state index >= 15 is 0 Å². The van der Waals surface area contributed by atoms with Crippen LogP contribution in [0.15, 0.2) is 48.5 Å². The van der Waals surface area contributed by atoms with Gasteiger partial charge in [-0.3, -0.25) is 4.21 Å². The molecular weight excluding hydrogens is 266 g/mol. The molecule has 2 aromatic carbocycles. The predicted octanol–water partition coefficient (Wildman–Crippen LogP) is 3.97. The molecule has 0 aliphatic carbocycles. The molecule has 0 heterocycles. The summed E-state index contributed by atoms with van der Waals surface area (Å²) in [4.78, 5) is 0. The molecule has 0 aliphatic heterocycles. The van der Waals surface area contributed by atoms with Crippen LogP contribution in [0.5, 0.6) is 0 Å². The third kappa shape index (κ3) is 3.70. The van der Waals surface area contributed by atoms with Crippen LogP contribution in [0.2, 0.25) is 0 Å². The Balaban J connectivity index is 2.09. The first kappa shape index (κ1) is 13.9. The monoisotopic (exact) mass is 280 g/mol. The summed E-state index contributed by atoms with van der Waals surface area (Å²) in [6.45, 7) is 1.82. The van der Waals surface area contributed by atoms with E-state index in [1.54, 1.807) is 24.3 Å². The molecule has 0 fully saturated rings. The van der Waals surface area contributed by atoms with Crippen molar-refractivity contribution in [2.45, 2.75) is 17.9 Å². The Hall–Kier alpha value is -1.55. The van der Waals surface area contributed by atoms with Gasteiger partial charge in [0, 0.05) is 16.6 Å². The second-order valence-corrected chi connectivity index (χ2v) is 6.11. The summed E-state index contributed by atoms with van der Waals surface area (Å²) in [5.74, 6) is -0.355. The summed E-state index contributed by atoms with van der Waals surface area (Å²) in [5.41, 5.74) is 1.52. The van der Waals surface area contributed by atoms with E-state index in [0.29, 0.717) is 5.56 Å². The van der Waals surface area contributed by atoms with Crippen molar-refractivity contribution < 1.29 is 13.0 Å². The minimum Gasteiger partial charge on any atom is -0.259 e. The van der Waals surface area contributed by atoms with E-state index < -0.39 is 10.8 Å². The van der Waals surface area contributed by atoms with Crippen LogP contribution in [0.3, 0.4) is 0 Å². The van der Waals surface area contributed by atoms with Gasteiger partial charge in [0.15, 0.2) is 0 Å². The van der Waals surface area contributed by atoms with Crippen LogP contribution in [-0.2, 0) is 16.6 Å². The van der Waals surface area contributed by atoms with Crippen molar-refractivity contribution >= 4 is 10.8 Å². The molecule has 4 heteroatoms. The fourth-order valence-electron chi connectivity index (χ4n) is 1.80. The fraction of sp³-hybridized carbons (Fsp3) is 0.200. The predicted molar refractivity (Wildman–Crippen MR) is 73.1 cm³/mol. The van der Waals surface area contributed by atoms with E-state index in [2.05, 4.69) is 0 Å². The van der Waals surface area contributed by atoms with E-state index in [-0.39, 0.29) is 22.6 Å². The second-order valence-electron chi connectivity index (χ2n) is 4.35. The highest BCUT2D eigenvalue weighted by molar-refractivity contribution is 7.84. The lowest BCUT2D eigenvalue weighted by atomic mass is 10.2. The van der Waals surface area contributed by atoms with Crippen molar-refractivity contribution in [1.82, 2.24) is 0 Å². The maximum absolute atomic E-state index is 13.0. The molecule has 0 aliphatic rings. The summed E-state index contributed by atoms with van der Waals surface area (Å²) >= 11 is 0. The fourth-order valence-corrected chi connectivity index (χ4v) is 3.02. The molecule has 0 saturated heterocycles. The van der Waals surface area contributed by atoms with Crippen LogP contribution in [0.1, 0.15) is 23.3 Å². The van der Waals surface area contributed by atoms with Crippen LogP contribution in [-0.4, -0.2) is 4.21 Å². The number of rotatable bonds is 4.